The monoisotopic (exact) mass is 319 g/mol. The summed E-state index contributed by atoms with van der Waals surface area (Å²) in [5, 5.41) is 8.90. The topological polar surface area (TPSA) is 92.7 Å². The van der Waals surface area contributed by atoms with Crippen molar-refractivity contribution in [1.29, 1.82) is 0 Å². The van der Waals surface area contributed by atoms with Gasteiger partial charge < -0.3 is 9.84 Å². The lowest BCUT2D eigenvalue weighted by atomic mass is 10.1. The van der Waals surface area contributed by atoms with Crippen LogP contribution in [0, 0.1) is 6.92 Å². The number of rotatable bonds is 5. The molecule has 112 valence electrons. The number of hydrogen-bond donors (Lipinski definition) is 2. The minimum Gasteiger partial charge on any atom is -0.477 e. The van der Waals surface area contributed by atoms with Crippen LogP contribution in [0.5, 0.6) is 0 Å². The number of aryl methyl sites for hydroxylation is 1. The number of thiophene rings is 1. The van der Waals surface area contributed by atoms with Gasteiger partial charge in [-0.25, -0.2) is 17.9 Å². The van der Waals surface area contributed by atoms with E-state index in [1.165, 1.54) is 6.07 Å². The van der Waals surface area contributed by atoms with Gasteiger partial charge in [-0.05, 0) is 32.3 Å². The van der Waals surface area contributed by atoms with Gasteiger partial charge in [0.15, 0.2) is 0 Å². The van der Waals surface area contributed by atoms with Crippen molar-refractivity contribution in [1.82, 2.24) is 4.72 Å². The summed E-state index contributed by atoms with van der Waals surface area (Å²) in [6.45, 7) is 2.48. The third kappa shape index (κ3) is 3.57. The van der Waals surface area contributed by atoms with E-state index in [-0.39, 0.29) is 22.4 Å². The molecule has 1 aromatic rings. The Morgan fingerprint density at radius 2 is 2.30 bits per heavy atom. The van der Waals surface area contributed by atoms with E-state index in [0.717, 1.165) is 30.6 Å². The summed E-state index contributed by atoms with van der Waals surface area (Å²) >= 11 is 0.961. The molecule has 1 saturated heterocycles. The van der Waals surface area contributed by atoms with Gasteiger partial charge in [0.2, 0.25) is 10.0 Å². The van der Waals surface area contributed by atoms with Crippen molar-refractivity contribution in [3.05, 3.63) is 15.8 Å². The van der Waals surface area contributed by atoms with E-state index in [2.05, 4.69) is 4.72 Å². The molecule has 0 spiro atoms. The van der Waals surface area contributed by atoms with Crippen molar-refractivity contribution in [3.63, 3.8) is 0 Å². The molecule has 1 aliphatic rings. The maximum atomic E-state index is 12.2. The SMILES string of the molecule is Cc1sc(C(=O)O)cc1S(=O)(=O)NCC1CCCCO1. The molecule has 0 bridgehead atoms. The zero-order valence-corrected chi connectivity index (χ0v) is 12.7. The molecule has 1 unspecified atom stereocenters. The quantitative estimate of drug-likeness (QED) is 0.860. The zero-order valence-electron chi connectivity index (χ0n) is 11.1. The van der Waals surface area contributed by atoms with E-state index in [1.807, 2.05) is 0 Å². The van der Waals surface area contributed by atoms with E-state index in [9.17, 15) is 13.2 Å². The summed E-state index contributed by atoms with van der Waals surface area (Å²) in [5.41, 5.74) is 0. The molecule has 2 N–H and O–H groups in total. The average Bonchev–Trinajstić information content (AvgIpc) is 2.81. The van der Waals surface area contributed by atoms with Crippen LogP contribution in [0.4, 0.5) is 0 Å². The van der Waals surface area contributed by atoms with E-state index < -0.39 is 16.0 Å². The van der Waals surface area contributed by atoms with Crippen LogP contribution in [0.25, 0.3) is 0 Å². The van der Waals surface area contributed by atoms with Crippen LogP contribution in [0.3, 0.4) is 0 Å². The molecule has 6 nitrogen and oxygen atoms in total. The first-order chi connectivity index (χ1) is 9.40. The molecule has 0 saturated carbocycles. The zero-order chi connectivity index (χ0) is 14.8. The molecule has 1 fully saturated rings. The molecule has 0 radical (unpaired) electrons. The fraction of sp³-hybridized carbons (Fsp3) is 0.583. The van der Waals surface area contributed by atoms with Gasteiger partial charge in [0.05, 0.1) is 11.0 Å². The molecule has 20 heavy (non-hydrogen) atoms. The molecule has 0 aromatic carbocycles. The van der Waals surface area contributed by atoms with E-state index in [0.29, 0.717) is 11.5 Å². The van der Waals surface area contributed by atoms with E-state index >= 15 is 0 Å². The van der Waals surface area contributed by atoms with Crippen LogP contribution in [-0.2, 0) is 14.8 Å². The highest BCUT2D eigenvalue weighted by molar-refractivity contribution is 7.89. The third-order valence-electron chi connectivity index (χ3n) is 3.15. The van der Waals surface area contributed by atoms with Gasteiger partial charge in [-0.15, -0.1) is 11.3 Å². The predicted molar refractivity (Wildman–Crippen MR) is 74.8 cm³/mol. The summed E-state index contributed by atoms with van der Waals surface area (Å²) in [4.78, 5) is 11.4. The van der Waals surface area contributed by atoms with Crippen LogP contribution in [-0.4, -0.2) is 38.7 Å². The van der Waals surface area contributed by atoms with Crippen molar-refractivity contribution in [2.45, 2.75) is 37.2 Å². The molecule has 2 rings (SSSR count). The van der Waals surface area contributed by atoms with Gasteiger partial charge in [0, 0.05) is 18.0 Å². The molecule has 0 amide bonds. The first-order valence-electron chi connectivity index (χ1n) is 6.35. The highest BCUT2D eigenvalue weighted by Crippen LogP contribution is 2.25. The smallest absolute Gasteiger partial charge is 0.345 e. The molecule has 1 aliphatic heterocycles. The number of nitrogens with one attached hydrogen (secondary N) is 1. The van der Waals surface area contributed by atoms with Gasteiger partial charge in [-0.3, -0.25) is 0 Å². The second-order valence-corrected chi connectivity index (χ2v) is 7.67. The van der Waals surface area contributed by atoms with Gasteiger partial charge >= 0.3 is 5.97 Å². The van der Waals surface area contributed by atoms with Crippen LogP contribution in [0.15, 0.2) is 11.0 Å². The van der Waals surface area contributed by atoms with Gasteiger partial charge in [0.1, 0.15) is 4.88 Å². The van der Waals surface area contributed by atoms with Crippen molar-refractivity contribution in [3.8, 4) is 0 Å². The van der Waals surface area contributed by atoms with Crippen molar-refractivity contribution in [2.24, 2.45) is 0 Å². The number of carboxylic acids is 1. The van der Waals surface area contributed by atoms with Crippen molar-refractivity contribution < 1.29 is 23.1 Å². The predicted octanol–water partition coefficient (Wildman–Crippen LogP) is 1.60. The molecule has 1 aromatic heterocycles. The van der Waals surface area contributed by atoms with Gasteiger partial charge in [0.25, 0.3) is 0 Å². The summed E-state index contributed by atoms with van der Waals surface area (Å²) in [7, 11) is -3.69. The fourth-order valence-corrected chi connectivity index (χ4v) is 4.58. The largest absolute Gasteiger partial charge is 0.477 e. The lowest BCUT2D eigenvalue weighted by Gasteiger charge is -2.22. The standard InChI is InChI=1S/C12H17NO5S2/c1-8-11(6-10(19-8)12(14)15)20(16,17)13-7-9-4-2-3-5-18-9/h6,9,13H,2-5,7H2,1H3,(H,14,15). The highest BCUT2D eigenvalue weighted by atomic mass is 32.2. The van der Waals surface area contributed by atoms with Crippen LogP contribution in [0.2, 0.25) is 0 Å². The number of carbonyl (C=O) groups is 1. The minimum atomic E-state index is -3.69. The van der Waals surface area contributed by atoms with Crippen LogP contribution >= 0.6 is 11.3 Å². The number of hydrogen-bond acceptors (Lipinski definition) is 5. The Labute approximate surface area is 121 Å². The minimum absolute atomic E-state index is 0.0248. The number of aromatic carboxylic acids is 1. The first-order valence-corrected chi connectivity index (χ1v) is 8.65. The van der Waals surface area contributed by atoms with Crippen molar-refractivity contribution in [2.75, 3.05) is 13.2 Å². The molecule has 1 atom stereocenters. The Bertz CT molecular complexity index is 587. The van der Waals surface area contributed by atoms with Crippen molar-refractivity contribution >= 4 is 27.3 Å². The first kappa shape index (κ1) is 15.4. The summed E-state index contributed by atoms with van der Waals surface area (Å²) < 4.78 is 32.3. The highest BCUT2D eigenvalue weighted by Gasteiger charge is 2.24. The maximum Gasteiger partial charge on any atom is 0.345 e. The summed E-state index contributed by atoms with van der Waals surface area (Å²) in [5.74, 6) is -1.12. The maximum absolute atomic E-state index is 12.2. The third-order valence-corrected chi connectivity index (χ3v) is 5.87. The van der Waals surface area contributed by atoms with Gasteiger partial charge in [-0.1, -0.05) is 0 Å². The molecule has 8 heteroatoms. The van der Waals surface area contributed by atoms with Crippen LogP contribution in [0.1, 0.15) is 33.8 Å². The Morgan fingerprint density at radius 3 is 2.85 bits per heavy atom. The Balaban J connectivity index is 2.07. The Morgan fingerprint density at radius 1 is 1.55 bits per heavy atom. The second-order valence-electron chi connectivity index (χ2n) is 4.68. The molecule has 0 aliphatic carbocycles. The Hall–Kier alpha value is -0.960. The molecular formula is C12H17NO5S2. The normalized spacial score (nSPS) is 19.9. The average molecular weight is 319 g/mol. The number of sulfonamides is 1. The van der Waals surface area contributed by atoms with Gasteiger partial charge in [-0.2, -0.15) is 0 Å². The summed E-state index contributed by atoms with van der Waals surface area (Å²) in [6.07, 6.45) is 2.78. The summed E-state index contributed by atoms with van der Waals surface area (Å²) in [6, 6.07) is 1.20. The van der Waals surface area contributed by atoms with Crippen LogP contribution < -0.4 is 4.72 Å². The fourth-order valence-electron chi connectivity index (χ4n) is 2.09. The Kier molecular flexibility index (Phi) is 4.79. The molecule has 2 heterocycles. The second kappa shape index (κ2) is 6.21. The van der Waals surface area contributed by atoms with E-state index in [4.69, 9.17) is 9.84 Å². The number of carboxylic acid groups (broad SMARTS) is 1. The van der Waals surface area contributed by atoms with E-state index in [1.54, 1.807) is 6.92 Å². The molecular weight excluding hydrogens is 302 g/mol. The number of ether oxygens (including phenoxy) is 1. The lowest BCUT2D eigenvalue weighted by molar-refractivity contribution is 0.0200. The lowest BCUT2D eigenvalue weighted by Crippen LogP contribution is -2.35.